The van der Waals surface area contributed by atoms with Gasteiger partial charge in [-0.05, 0) is 65.6 Å². The van der Waals surface area contributed by atoms with Crippen LogP contribution in [0.4, 0.5) is 14.5 Å². The number of aromatic nitrogens is 2. The van der Waals surface area contributed by atoms with E-state index in [0.717, 1.165) is 0 Å². The van der Waals surface area contributed by atoms with Crippen molar-refractivity contribution in [2.75, 3.05) is 11.3 Å². The van der Waals surface area contributed by atoms with E-state index in [-0.39, 0.29) is 41.8 Å². The largest absolute Gasteiger partial charge is 0.396 e. The zero-order chi connectivity index (χ0) is 21.7. The fraction of sp³-hybridized carbons (Fsp3) is 0.350. The highest BCUT2D eigenvalue weighted by molar-refractivity contribution is 14.1. The van der Waals surface area contributed by atoms with Crippen LogP contribution in [0.3, 0.4) is 0 Å². The number of benzene rings is 2. The van der Waals surface area contributed by atoms with Crippen molar-refractivity contribution in [1.82, 2.24) is 9.55 Å². The highest BCUT2D eigenvalue weighted by Crippen LogP contribution is 2.47. The van der Waals surface area contributed by atoms with E-state index in [0.29, 0.717) is 21.9 Å². The highest BCUT2D eigenvalue weighted by atomic mass is 127. The number of hydrogen-bond donors (Lipinski definition) is 2. The molecule has 160 valence electrons. The van der Waals surface area contributed by atoms with E-state index in [9.17, 15) is 17.9 Å². The predicted molar refractivity (Wildman–Crippen MR) is 119 cm³/mol. The number of aliphatic hydroxyl groups is 1. The summed E-state index contributed by atoms with van der Waals surface area (Å²) in [5, 5.41) is 9.26. The molecule has 0 radical (unpaired) electrons. The molecule has 1 fully saturated rings. The number of fused-ring (bicyclic) bond motifs is 1. The summed E-state index contributed by atoms with van der Waals surface area (Å²) in [6.45, 7) is -0.253. The third-order valence-electron chi connectivity index (χ3n) is 5.63. The van der Waals surface area contributed by atoms with Gasteiger partial charge in [-0.25, -0.2) is 22.2 Å². The standard InChI is InChI=1S/C20H20F2IN3O3S/c1-26-11-24-19-17(26)10-16(25-30(28,29)20(4-5-20)6-7-27)14(18(19)22)8-12-2-3-13(23)9-15(12)21/h2-3,9-11,25,27H,4-8H2,1H3. The van der Waals surface area contributed by atoms with Crippen LogP contribution in [0, 0.1) is 15.2 Å². The minimum absolute atomic E-state index is 0.0321. The monoisotopic (exact) mass is 547 g/mol. The lowest BCUT2D eigenvalue weighted by molar-refractivity contribution is 0.283. The molecule has 0 unspecified atom stereocenters. The van der Waals surface area contributed by atoms with Gasteiger partial charge in [-0.3, -0.25) is 4.72 Å². The molecule has 1 saturated carbocycles. The molecule has 10 heteroatoms. The Morgan fingerprint density at radius 2 is 2.03 bits per heavy atom. The zero-order valence-corrected chi connectivity index (χ0v) is 19.1. The molecule has 1 aliphatic rings. The van der Waals surface area contributed by atoms with Gasteiger partial charge in [0.1, 0.15) is 11.3 Å². The van der Waals surface area contributed by atoms with Gasteiger partial charge in [-0.2, -0.15) is 0 Å². The van der Waals surface area contributed by atoms with Crippen molar-refractivity contribution in [3.05, 3.63) is 56.9 Å². The van der Waals surface area contributed by atoms with Crippen molar-refractivity contribution in [2.45, 2.75) is 30.4 Å². The Morgan fingerprint density at radius 3 is 2.67 bits per heavy atom. The van der Waals surface area contributed by atoms with Gasteiger partial charge >= 0.3 is 0 Å². The van der Waals surface area contributed by atoms with Gasteiger partial charge in [0.25, 0.3) is 0 Å². The van der Waals surface area contributed by atoms with Crippen LogP contribution in [-0.2, 0) is 23.5 Å². The number of nitrogens with one attached hydrogen (secondary N) is 1. The average molecular weight is 547 g/mol. The summed E-state index contributed by atoms with van der Waals surface area (Å²) in [6, 6.07) is 6.14. The normalized spacial score (nSPS) is 15.5. The molecule has 0 saturated heterocycles. The lowest BCUT2D eigenvalue weighted by Gasteiger charge is -2.20. The van der Waals surface area contributed by atoms with Crippen LogP contribution in [0.2, 0.25) is 0 Å². The average Bonchev–Trinajstić information content (AvgIpc) is 3.38. The van der Waals surface area contributed by atoms with E-state index in [4.69, 9.17) is 0 Å². The molecule has 2 N–H and O–H groups in total. The van der Waals surface area contributed by atoms with Crippen LogP contribution < -0.4 is 4.72 Å². The first-order valence-electron chi connectivity index (χ1n) is 9.37. The lowest BCUT2D eigenvalue weighted by atomic mass is 10.0. The van der Waals surface area contributed by atoms with E-state index < -0.39 is 26.4 Å². The first-order valence-corrected chi connectivity index (χ1v) is 11.9. The van der Waals surface area contributed by atoms with Crippen LogP contribution in [0.25, 0.3) is 11.0 Å². The maximum atomic E-state index is 15.4. The molecule has 1 aliphatic carbocycles. The number of nitrogens with zero attached hydrogens (tertiary/aromatic N) is 2. The summed E-state index contributed by atoms with van der Waals surface area (Å²) >= 11 is 1.98. The van der Waals surface area contributed by atoms with Crippen LogP contribution in [0.15, 0.2) is 30.6 Å². The SMILES string of the molecule is Cn1cnc2c(F)c(Cc3ccc(I)cc3F)c(NS(=O)(=O)C3(CCO)CC3)cc21. The van der Waals surface area contributed by atoms with E-state index in [2.05, 4.69) is 9.71 Å². The molecule has 0 bridgehead atoms. The molecule has 3 aromatic rings. The second-order valence-electron chi connectivity index (χ2n) is 7.61. The van der Waals surface area contributed by atoms with Crippen LogP contribution in [-0.4, -0.2) is 34.4 Å². The second kappa shape index (κ2) is 7.72. The van der Waals surface area contributed by atoms with Crippen LogP contribution >= 0.6 is 22.6 Å². The number of rotatable bonds is 7. The number of aryl methyl sites for hydroxylation is 1. The predicted octanol–water partition coefficient (Wildman–Crippen LogP) is 3.70. The van der Waals surface area contributed by atoms with E-state index in [1.165, 1.54) is 18.5 Å². The van der Waals surface area contributed by atoms with Crippen molar-refractivity contribution < 1.29 is 22.3 Å². The fourth-order valence-electron chi connectivity index (χ4n) is 3.63. The third-order valence-corrected chi connectivity index (χ3v) is 8.55. The molecule has 4 rings (SSSR count). The summed E-state index contributed by atoms with van der Waals surface area (Å²) in [5.74, 6) is -1.18. The number of anilines is 1. The van der Waals surface area contributed by atoms with Crippen LogP contribution in [0.1, 0.15) is 30.4 Å². The van der Waals surface area contributed by atoms with Gasteiger partial charge in [0.05, 0.1) is 22.3 Å². The number of hydrogen-bond acceptors (Lipinski definition) is 4. The Bertz CT molecular complexity index is 1240. The Labute approximate surface area is 186 Å². The molecule has 1 heterocycles. The molecular weight excluding hydrogens is 527 g/mol. The summed E-state index contributed by atoms with van der Waals surface area (Å²) in [5.41, 5.74) is 0.860. The Kier molecular flexibility index (Phi) is 5.52. The molecule has 0 spiro atoms. The van der Waals surface area contributed by atoms with Crippen molar-refractivity contribution in [3.63, 3.8) is 0 Å². The fourth-order valence-corrected chi connectivity index (χ4v) is 5.77. The summed E-state index contributed by atoms with van der Waals surface area (Å²) in [4.78, 5) is 4.07. The van der Waals surface area contributed by atoms with Crippen molar-refractivity contribution in [3.8, 4) is 0 Å². The van der Waals surface area contributed by atoms with Gasteiger partial charge < -0.3 is 9.67 Å². The smallest absolute Gasteiger partial charge is 0.238 e. The number of halogens is 3. The van der Waals surface area contributed by atoms with Crippen molar-refractivity contribution >= 4 is 49.3 Å². The molecule has 6 nitrogen and oxygen atoms in total. The number of aliphatic hydroxyl groups excluding tert-OH is 1. The maximum absolute atomic E-state index is 15.4. The van der Waals surface area contributed by atoms with E-state index >= 15 is 4.39 Å². The summed E-state index contributed by atoms with van der Waals surface area (Å²) < 4.78 is 59.7. The summed E-state index contributed by atoms with van der Waals surface area (Å²) in [6.07, 6.45) is 2.28. The quantitative estimate of drug-likeness (QED) is 0.442. The Hall–Kier alpha value is -1.79. The first-order chi connectivity index (χ1) is 14.2. The first kappa shape index (κ1) is 21.4. The lowest BCUT2D eigenvalue weighted by Crippen LogP contribution is -2.31. The molecular formula is C20H20F2IN3O3S. The third kappa shape index (κ3) is 3.69. The Balaban J connectivity index is 1.83. The minimum Gasteiger partial charge on any atom is -0.396 e. The number of sulfonamides is 1. The molecule has 2 aromatic carbocycles. The zero-order valence-electron chi connectivity index (χ0n) is 16.1. The van der Waals surface area contributed by atoms with E-state index in [1.807, 2.05) is 22.6 Å². The molecule has 30 heavy (non-hydrogen) atoms. The minimum atomic E-state index is -3.88. The molecule has 0 atom stereocenters. The van der Waals surface area contributed by atoms with Gasteiger partial charge in [0.2, 0.25) is 10.0 Å². The molecule has 0 aliphatic heterocycles. The topological polar surface area (TPSA) is 84.2 Å². The second-order valence-corrected chi connectivity index (χ2v) is 10.9. The van der Waals surface area contributed by atoms with Gasteiger partial charge in [0, 0.05) is 29.2 Å². The number of imidazole rings is 1. The molecule has 1 aromatic heterocycles. The van der Waals surface area contributed by atoms with Crippen LogP contribution in [0.5, 0.6) is 0 Å². The highest BCUT2D eigenvalue weighted by Gasteiger charge is 2.54. The van der Waals surface area contributed by atoms with E-state index in [1.54, 1.807) is 23.7 Å². The maximum Gasteiger partial charge on any atom is 0.238 e. The Morgan fingerprint density at radius 1 is 1.30 bits per heavy atom. The van der Waals surface area contributed by atoms with Gasteiger partial charge in [0.15, 0.2) is 5.82 Å². The van der Waals surface area contributed by atoms with Gasteiger partial charge in [-0.15, -0.1) is 0 Å². The van der Waals surface area contributed by atoms with Gasteiger partial charge in [-0.1, -0.05) is 6.07 Å². The van der Waals surface area contributed by atoms with Crippen molar-refractivity contribution in [2.24, 2.45) is 7.05 Å². The summed E-state index contributed by atoms with van der Waals surface area (Å²) in [7, 11) is -2.20. The van der Waals surface area contributed by atoms with Crippen molar-refractivity contribution in [1.29, 1.82) is 0 Å². The molecule has 0 amide bonds.